The Morgan fingerprint density at radius 2 is 1.41 bits per heavy atom. The predicted molar refractivity (Wildman–Crippen MR) is 125 cm³/mol. The molecule has 4 unspecified atom stereocenters. The van der Waals surface area contributed by atoms with Crippen LogP contribution in [0.3, 0.4) is 0 Å². The van der Waals surface area contributed by atoms with E-state index in [9.17, 15) is 24.3 Å². The Morgan fingerprint density at radius 3 is 1.88 bits per heavy atom. The van der Waals surface area contributed by atoms with Gasteiger partial charge in [0.1, 0.15) is 18.1 Å². The first-order valence-corrected chi connectivity index (χ1v) is 11.1. The number of rotatable bonds is 12. The second-order valence-electron chi connectivity index (χ2n) is 8.34. The molecule has 0 aromatic heterocycles. The summed E-state index contributed by atoms with van der Waals surface area (Å²) in [4.78, 5) is 49.6. The second-order valence-corrected chi connectivity index (χ2v) is 8.70. The molecule has 1 aromatic rings. The molecule has 3 amide bonds. The van der Waals surface area contributed by atoms with E-state index in [1.165, 1.54) is 0 Å². The monoisotopic (exact) mass is 466 g/mol. The van der Waals surface area contributed by atoms with Gasteiger partial charge in [0.2, 0.25) is 17.7 Å². The molecule has 1 rings (SSSR count). The highest BCUT2D eigenvalue weighted by Crippen LogP contribution is 2.09. The fourth-order valence-corrected chi connectivity index (χ4v) is 3.13. The summed E-state index contributed by atoms with van der Waals surface area (Å²) in [5.41, 5.74) is 6.54. The molecule has 4 atom stereocenters. The Labute approximate surface area is 194 Å². The molecule has 0 radical (unpaired) electrons. The number of amides is 3. The van der Waals surface area contributed by atoms with Crippen LogP contribution in [0.25, 0.3) is 0 Å². The quantitative estimate of drug-likeness (QED) is 0.245. The van der Waals surface area contributed by atoms with Crippen LogP contribution in [0.15, 0.2) is 30.3 Å². The van der Waals surface area contributed by atoms with E-state index in [-0.39, 0.29) is 24.0 Å². The zero-order chi connectivity index (χ0) is 24.4. The van der Waals surface area contributed by atoms with Crippen molar-refractivity contribution in [3.8, 4) is 0 Å². The van der Waals surface area contributed by atoms with Crippen LogP contribution in [0.2, 0.25) is 0 Å². The van der Waals surface area contributed by atoms with Gasteiger partial charge in [-0.15, -0.1) is 0 Å². The van der Waals surface area contributed by atoms with E-state index in [0.717, 1.165) is 5.56 Å². The van der Waals surface area contributed by atoms with Crippen molar-refractivity contribution in [3.63, 3.8) is 0 Å². The Balaban J connectivity index is 3.05. The first-order valence-electron chi connectivity index (χ1n) is 10.5. The van der Waals surface area contributed by atoms with Gasteiger partial charge < -0.3 is 26.8 Å². The normalized spacial score (nSPS) is 14.9. The van der Waals surface area contributed by atoms with Crippen LogP contribution in [-0.4, -0.2) is 58.7 Å². The van der Waals surface area contributed by atoms with E-state index in [4.69, 9.17) is 5.73 Å². The summed E-state index contributed by atoms with van der Waals surface area (Å²) < 4.78 is 0. The van der Waals surface area contributed by atoms with Crippen LogP contribution < -0.4 is 21.7 Å². The van der Waals surface area contributed by atoms with E-state index in [1.54, 1.807) is 27.7 Å². The van der Waals surface area contributed by atoms with E-state index >= 15 is 0 Å². The molecule has 0 heterocycles. The maximum atomic E-state index is 13.1. The van der Waals surface area contributed by atoms with Crippen LogP contribution in [0, 0.1) is 11.8 Å². The van der Waals surface area contributed by atoms with E-state index < -0.39 is 47.9 Å². The maximum absolute atomic E-state index is 13.1. The topological polar surface area (TPSA) is 151 Å². The number of aliphatic carboxylic acids is 1. The van der Waals surface area contributed by atoms with E-state index in [2.05, 4.69) is 28.6 Å². The molecule has 6 N–H and O–H groups in total. The summed E-state index contributed by atoms with van der Waals surface area (Å²) >= 11 is 4.01. The average molecular weight is 467 g/mol. The number of carbonyl (C=O) groups excluding carboxylic acids is 3. The molecule has 0 aliphatic heterocycles. The Morgan fingerprint density at radius 1 is 0.875 bits per heavy atom. The minimum atomic E-state index is -1.16. The molecule has 0 aliphatic carbocycles. The Bertz CT molecular complexity index is 788. The second kappa shape index (κ2) is 13.1. The molecule has 0 saturated carbocycles. The smallest absolute Gasteiger partial charge is 0.326 e. The van der Waals surface area contributed by atoms with Gasteiger partial charge in [-0.2, -0.15) is 12.6 Å². The van der Waals surface area contributed by atoms with Crippen molar-refractivity contribution < 1.29 is 24.3 Å². The first kappa shape index (κ1) is 27.4. The fraction of sp³-hybridized carbons (Fsp3) is 0.545. The molecule has 32 heavy (non-hydrogen) atoms. The van der Waals surface area contributed by atoms with Crippen molar-refractivity contribution in [1.29, 1.82) is 0 Å². The van der Waals surface area contributed by atoms with Crippen molar-refractivity contribution in [2.75, 3.05) is 5.75 Å². The predicted octanol–water partition coefficient (Wildman–Crippen LogP) is 0.337. The van der Waals surface area contributed by atoms with Gasteiger partial charge in [0.25, 0.3) is 0 Å². The highest BCUT2D eigenvalue weighted by Gasteiger charge is 2.32. The lowest BCUT2D eigenvalue weighted by atomic mass is 9.99. The first-order chi connectivity index (χ1) is 15.0. The summed E-state index contributed by atoms with van der Waals surface area (Å²) in [6.07, 6.45) is 0.188. The van der Waals surface area contributed by atoms with Crippen molar-refractivity contribution >= 4 is 36.3 Å². The molecule has 178 valence electrons. The van der Waals surface area contributed by atoms with Gasteiger partial charge in [0.15, 0.2) is 0 Å². The SMILES string of the molecule is CC(C)C(NC(=O)C(NC(=O)C(Cc1ccccc1)NC(=O)C(N)CS)C(C)C)C(=O)O. The maximum Gasteiger partial charge on any atom is 0.326 e. The lowest BCUT2D eigenvalue weighted by molar-refractivity contribution is -0.143. The zero-order valence-electron chi connectivity index (χ0n) is 18.9. The number of thiol groups is 1. The summed E-state index contributed by atoms with van der Waals surface area (Å²) in [6.45, 7) is 6.82. The Hall–Kier alpha value is -2.59. The summed E-state index contributed by atoms with van der Waals surface area (Å²) in [5.74, 6) is -3.43. The highest BCUT2D eigenvalue weighted by atomic mass is 32.1. The van der Waals surface area contributed by atoms with E-state index in [0.29, 0.717) is 0 Å². The van der Waals surface area contributed by atoms with Crippen molar-refractivity contribution in [3.05, 3.63) is 35.9 Å². The van der Waals surface area contributed by atoms with Crippen LogP contribution in [0.1, 0.15) is 33.3 Å². The van der Waals surface area contributed by atoms with Gasteiger partial charge in [-0.1, -0.05) is 58.0 Å². The number of hydrogen-bond donors (Lipinski definition) is 6. The third kappa shape index (κ3) is 8.51. The number of benzene rings is 1. The van der Waals surface area contributed by atoms with Gasteiger partial charge in [0, 0.05) is 12.2 Å². The molecule has 0 aliphatic rings. The van der Waals surface area contributed by atoms with Crippen molar-refractivity contribution in [2.45, 2.75) is 58.3 Å². The lowest BCUT2D eigenvalue weighted by Crippen LogP contribution is -2.59. The Kier molecular flexibility index (Phi) is 11.2. The standard InChI is InChI=1S/C22H34N4O5S/c1-12(2)17(21(29)26-18(13(3)4)22(30)31)25-20(28)16(24-19(27)15(23)11-32)10-14-8-6-5-7-9-14/h5-9,12-13,15-18,32H,10-11,23H2,1-4H3,(H,24,27)(H,25,28)(H,26,29)(H,30,31). The van der Waals surface area contributed by atoms with Crippen molar-refractivity contribution in [2.24, 2.45) is 17.6 Å². The molecular weight excluding hydrogens is 432 g/mol. The number of carbonyl (C=O) groups is 4. The van der Waals surface area contributed by atoms with Crippen LogP contribution in [0.4, 0.5) is 0 Å². The summed E-state index contributed by atoms with van der Waals surface area (Å²) in [5, 5.41) is 17.1. The van der Waals surface area contributed by atoms with Gasteiger partial charge >= 0.3 is 5.97 Å². The van der Waals surface area contributed by atoms with Crippen LogP contribution in [0.5, 0.6) is 0 Å². The lowest BCUT2D eigenvalue weighted by Gasteiger charge is -2.28. The molecule has 0 saturated heterocycles. The average Bonchev–Trinajstić information content (AvgIpc) is 2.74. The number of carboxylic acids is 1. The molecule has 10 heteroatoms. The number of carboxylic acid groups (broad SMARTS) is 1. The highest BCUT2D eigenvalue weighted by molar-refractivity contribution is 7.80. The van der Waals surface area contributed by atoms with Gasteiger partial charge in [0.05, 0.1) is 6.04 Å². The minimum absolute atomic E-state index is 0.105. The minimum Gasteiger partial charge on any atom is -0.480 e. The third-order valence-electron chi connectivity index (χ3n) is 4.93. The number of nitrogens with one attached hydrogen (secondary N) is 3. The third-order valence-corrected chi connectivity index (χ3v) is 5.32. The van der Waals surface area contributed by atoms with Crippen LogP contribution in [-0.2, 0) is 25.6 Å². The largest absolute Gasteiger partial charge is 0.480 e. The molecule has 0 spiro atoms. The molecule has 0 fully saturated rings. The zero-order valence-corrected chi connectivity index (χ0v) is 19.8. The van der Waals surface area contributed by atoms with Crippen LogP contribution >= 0.6 is 12.6 Å². The van der Waals surface area contributed by atoms with E-state index in [1.807, 2.05) is 30.3 Å². The van der Waals surface area contributed by atoms with Gasteiger partial charge in [-0.05, 0) is 17.4 Å². The molecule has 1 aromatic carbocycles. The number of hydrogen-bond acceptors (Lipinski definition) is 6. The summed E-state index contributed by atoms with van der Waals surface area (Å²) in [7, 11) is 0. The summed E-state index contributed by atoms with van der Waals surface area (Å²) in [6, 6.07) is 5.14. The van der Waals surface area contributed by atoms with Gasteiger partial charge in [-0.25, -0.2) is 4.79 Å². The molecule has 9 nitrogen and oxygen atoms in total. The fourth-order valence-electron chi connectivity index (χ4n) is 2.97. The molecule has 0 bridgehead atoms. The van der Waals surface area contributed by atoms with Crippen molar-refractivity contribution in [1.82, 2.24) is 16.0 Å². The number of nitrogens with two attached hydrogens (primary N) is 1. The molecular formula is C22H34N4O5S. The van der Waals surface area contributed by atoms with Gasteiger partial charge in [-0.3, -0.25) is 14.4 Å².